The van der Waals surface area contributed by atoms with Crippen LogP contribution >= 0.6 is 0 Å². The summed E-state index contributed by atoms with van der Waals surface area (Å²) >= 11 is 0. The van der Waals surface area contributed by atoms with Gasteiger partial charge >= 0.3 is 6.09 Å². The van der Waals surface area contributed by atoms with Gasteiger partial charge in [0.05, 0.1) is 11.6 Å². The fourth-order valence-electron chi connectivity index (χ4n) is 2.79. The fourth-order valence-corrected chi connectivity index (χ4v) is 2.79. The Bertz CT molecular complexity index is 709. The van der Waals surface area contributed by atoms with E-state index in [2.05, 4.69) is 22.3 Å². The molecule has 1 aliphatic rings. The van der Waals surface area contributed by atoms with Gasteiger partial charge in [-0.1, -0.05) is 18.2 Å². The average Bonchev–Trinajstić information content (AvgIpc) is 2.93. The zero-order valence-electron chi connectivity index (χ0n) is 13.9. The molecule has 23 heavy (non-hydrogen) atoms. The van der Waals surface area contributed by atoms with Crippen molar-refractivity contribution in [1.29, 1.82) is 0 Å². The molecule has 0 spiro atoms. The van der Waals surface area contributed by atoms with Gasteiger partial charge in [0.25, 0.3) is 0 Å². The second-order valence-corrected chi connectivity index (χ2v) is 6.94. The van der Waals surface area contributed by atoms with Crippen LogP contribution in [0, 0.1) is 0 Å². The number of hydrogen-bond donors (Lipinski definition) is 1. The van der Waals surface area contributed by atoms with Gasteiger partial charge in [-0.15, -0.1) is 0 Å². The molecule has 5 heteroatoms. The van der Waals surface area contributed by atoms with Gasteiger partial charge in [-0.05, 0) is 45.4 Å². The number of rotatable bonds is 2. The van der Waals surface area contributed by atoms with Crippen LogP contribution in [0.2, 0.25) is 0 Å². The van der Waals surface area contributed by atoms with Gasteiger partial charge in [-0.25, -0.2) is 9.78 Å². The molecule has 1 N–H and O–H groups in total. The van der Waals surface area contributed by atoms with Crippen molar-refractivity contribution in [3.63, 3.8) is 0 Å². The Morgan fingerprint density at radius 2 is 2.04 bits per heavy atom. The number of aromatic nitrogens is 1. The number of pyridine rings is 1. The fraction of sp³-hybridized carbons (Fsp3) is 0.444. The summed E-state index contributed by atoms with van der Waals surface area (Å²) in [5.41, 5.74) is 0.524. The number of nitrogens with one attached hydrogen (secondary N) is 1. The van der Waals surface area contributed by atoms with Crippen LogP contribution in [0.5, 0.6) is 0 Å². The van der Waals surface area contributed by atoms with Crippen molar-refractivity contribution in [3.8, 4) is 0 Å². The quantitative estimate of drug-likeness (QED) is 0.924. The first-order valence-electron chi connectivity index (χ1n) is 8.01. The van der Waals surface area contributed by atoms with E-state index in [1.54, 1.807) is 0 Å². The predicted octanol–water partition coefficient (Wildman–Crippen LogP) is 3.34. The van der Waals surface area contributed by atoms with Crippen LogP contribution in [0.25, 0.3) is 10.9 Å². The Labute approximate surface area is 136 Å². The summed E-state index contributed by atoms with van der Waals surface area (Å²) in [5.74, 6) is 0.956. The third-order valence-electron chi connectivity index (χ3n) is 3.82. The van der Waals surface area contributed by atoms with Gasteiger partial charge < -0.3 is 15.0 Å². The molecule has 2 aromatic rings. The maximum Gasteiger partial charge on any atom is 0.407 e. The minimum Gasteiger partial charge on any atom is -0.444 e. The van der Waals surface area contributed by atoms with Crippen molar-refractivity contribution in [2.45, 2.75) is 38.8 Å². The second-order valence-electron chi connectivity index (χ2n) is 6.94. The van der Waals surface area contributed by atoms with E-state index in [0.29, 0.717) is 0 Å². The van der Waals surface area contributed by atoms with Gasteiger partial charge in [0.15, 0.2) is 0 Å². The summed E-state index contributed by atoms with van der Waals surface area (Å²) in [5, 5.41) is 4.08. The summed E-state index contributed by atoms with van der Waals surface area (Å²) in [6, 6.07) is 12.3. The van der Waals surface area contributed by atoms with Gasteiger partial charge in [-0.3, -0.25) is 0 Å². The topological polar surface area (TPSA) is 54.5 Å². The number of anilines is 1. The first kappa shape index (κ1) is 15.6. The lowest BCUT2D eigenvalue weighted by molar-refractivity contribution is 0.0509. The van der Waals surface area contributed by atoms with Crippen LogP contribution < -0.4 is 10.2 Å². The third-order valence-corrected chi connectivity index (χ3v) is 3.82. The van der Waals surface area contributed by atoms with E-state index in [1.807, 2.05) is 45.0 Å². The molecule has 0 aliphatic carbocycles. The van der Waals surface area contributed by atoms with Crippen molar-refractivity contribution < 1.29 is 9.53 Å². The first-order valence-corrected chi connectivity index (χ1v) is 8.01. The van der Waals surface area contributed by atoms with Crippen molar-refractivity contribution in [3.05, 3.63) is 36.4 Å². The molecule has 1 fully saturated rings. The number of carbonyl (C=O) groups is 1. The Kier molecular flexibility index (Phi) is 4.11. The van der Waals surface area contributed by atoms with Gasteiger partial charge in [0.1, 0.15) is 11.4 Å². The molecule has 122 valence electrons. The Morgan fingerprint density at radius 1 is 1.26 bits per heavy atom. The van der Waals surface area contributed by atoms with Crippen LogP contribution in [-0.2, 0) is 4.74 Å². The van der Waals surface area contributed by atoms with Crippen LogP contribution in [0.4, 0.5) is 10.6 Å². The molecule has 5 nitrogen and oxygen atoms in total. The number of alkyl carbamates (subject to hydrolysis) is 1. The number of ether oxygens (including phenoxy) is 1. The first-order chi connectivity index (χ1) is 10.9. The molecule has 0 radical (unpaired) electrons. The number of hydrogen-bond acceptors (Lipinski definition) is 4. The molecule has 1 aliphatic heterocycles. The van der Waals surface area contributed by atoms with E-state index >= 15 is 0 Å². The smallest absolute Gasteiger partial charge is 0.407 e. The second kappa shape index (κ2) is 6.07. The van der Waals surface area contributed by atoms with E-state index in [0.717, 1.165) is 36.2 Å². The summed E-state index contributed by atoms with van der Waals surface area (Å²) in [4.78, 5) is 18.8. The van der Waals surface area contributed by atoms with E-state index in [9.17, 15) is 4.79 Å². The lowest BCUT2D eigenvalue weighted by atomic mass is 10.2. The highest BCUT2D eigenvalue weighted by Gasteiger charge is 2.26. The molecule has 1 amide bonds. The maximum atomic E-state index is 11.9. The normalized spacial score (nSPS) is 18.2. The number of benzene rings is 1. The minimum absolute atomic E-state index is 0.0955. The molecule has 0 bridgehead atoms. The van der Waals surface area contributed by atoms with Gasteiger partial charge in [-0.2, -0.15) is 0 Å². The van der Waals surface area contributed by atoms with Crippen LogP contribution in [0.15, 0.2) is 36.4 Å². The van der Waals surface area contributed by atoms with Crippen molar-refractivity contribution >= 4 is 22.8 Å². The number of amides is 1. The van der Waals surface area contributed by atoms with Gasteiger partial charge in [0, 0.05) is 18.5 Å². The predicted molar refractivity (Wildman–Crippen MR) is 91.7 cm³/mol. The van der Waals surface area contributed by atoms with E-state index in [-0.39, 0.29) is 12.1 Å². The van der Waals surface area contributed by atoms with Gasteiger partial charge in [0.2, 0.25) is 0 Å². The molecule has 1 saturated heterocycles. The van der Waals surface area contributed by atoms with Crippen LogP contribution in [0.3, 0.4) is 0 Å². The van der Waals surface area contributed by atoms with E-state index < -0.39 is 5.60 Å². The molecule has 0 saturated carbocycles. The molecular formula is C18H23N3O2. The third kappa shape index (κ3) is 3.92. The number of carbonyl (C=O) groups excluding carboxylic acids is 1. The minimum atomic E-state index is -0.470. The summed E-state index contributed by atoms with van der Waals surface area (Å²) in [7, 11) is 0. The molecule has 2 heterocycles. The molecular weight excluding hydrogens is 290 g/mol. The standard InChI is InChI=1S/C18H23N3O2/c1-18(2,3)23-17(22)19-14-10-11-21(12-14)16-9-8-13-6-4-5-7-15(13)20-16/h4-9,14H,10-12H2,1-3H3,(H,19,22). The number of para-hydroxylation sites is 1. The lowest BCUT2D eigenvalue weighted by Crippen LogP contribution is -2.40. The highest BCUT2D eigenvalue weighted by atomic mass is 16.6. The Balaban J connectivity index is 1.63. The van der Waals surface area contributed by atoms with Crippen molar-refractivity contribution in [1.82, 2.24) is 10.3 Å². The zero-order valence-corrected chi connectivity index (χ0v) is 13.9. The Hall–Kier alpha value is -2.30. The SMILES string of the molecule is CC(C)(C)OC(=O)NC1CCN(c2ccc3ccccc3n2)C1. The van der Waals surface area contributed by atoms with E-state index in [1.165, 1.54) is 0 Å². The molecule has 1 aromatic carbocycles. The zero-order chi connectivity index (χ0) is 16.4. The summed E-state index contributed by atoms with van der Waals surface area (Å²) in [6.07, 6.45) is 0.545. The van der Waals surface area contributed by atoms with Crippen LogP contribution in [-0.4, -0.2) is 35.8 Å². The van der Waals surface area contributed by atoms with Crippen molar-refractivity contribution in [2.75, 3.05) is 18.0 Å². The van der Waals surface area contributed by atoms with Crippen LogP contribution in [0.1, 0.15) is 27.2 Å². The Morgan fingerprint density at radius 3 is 2.83 bits per heavy atom. The highest BCUT2D eigenvalue weighted by molar-refractivity contribution is 5.80. The monoisotopic (exact) mass is 313 g/mol. The number of fused-ring (bicyclic) bond motifs is 1. The maximum absolute atomic E-state index is 11.9. The number of nitrogens with zero attached hydrogens (tertiary/aromatic N) is 2. The molecule has 1 aromatic heterocycles. The summed E-state index contributed by atoms with van der Waals surface area (Å²) in [6.45, 7) is 7.24. The summed E-state index contributed by atoms with van der Waals surface area (Å²) < 4.78 is 5.31. The van der Waals surface area contributed by atoms with Crippen molar-refractivity contribution in [2.24, 2.45) is 0 Å². The molecule has 1 unspecified atom stereocenters. The average molecular weight is 313 g/mol. The largest absolute Gasteiger partial charge is 0.444 e. The highest BCUT2D eigenvalue weighted by Crippen LogP contribution is 2.22. The van der Waals surface area contributed by atoms with E-state index in [4.69, 9.17) is 9.72 Å². The molecule has 3 rings (SSSR count). The lowest BCUT2D eigenvalue weighted by Gasteiger charge is -2.22. The molecule has 1 atom stereocenters.